The first-order valence-electron chi connectivity index (χ1n) is 5.39. The van der Waals surface area contributed by atoms with E-state index in [9.17, 15) is 9.59 Å². The lowest BCUT2D eigenvalue weighted by molar-refractivity contribution is -0.135. The third-order valence-electron chi connectivity index (χ3n) is 2.11. The van der Waals surface area contributed by atoms with Crippen LogP contribution in [0, 0.1) is 5.92 Å². The van der Waals surface area contributed by atoms with Gasteiger partial charge in [0.1, 0.15) is 6.54 Å². The minimum Gasteiger partial charge on any atom is -0.480 e. The Morgan fingerprint density at radius 1 is 1.53 bits per heavy atom. The molecule has 7 nitrogen and oxygen atoms in total. The van der Waals surface area contributed by atoms with Crippen LogP contribution >= 0.6 is 0 Å². The zero-order chi connectivity index (χ0) is 12.8. The van der Waals surface area contributed by atoms with Gasteiger partial charge in [-0.15, -0.1) is 5.10 Å². The average Bonchev–Trinajstić information content (AvgIpc) is 2.71. The summed E-state index contributed by atoms with van der Waals surface area (Å²) in [6.45, 7) is 4.46. The highest BCUT2D eigenvalue weighted by atomic mass is 16.4. The van der Waals surface area contributed by atoms with Gasteiger partial charge >= 0.3 is 5.97 Å². The van der Waals surface area contributed by atoms with Crippen LogP contribution in [0.3, 0.4) is 0 Å². The summed E-state index contributed by atoms with van der Waals surface area (Å²) in [6, 6.07) is 0. The highest BCUT2D eigenvalue weighted by Crippen LogP contribution is 2.02. The molecule has 0 saturated carbocycles. The van der Waals surface area contributed by atoms with Gasteiger partial charge in [-0.2, -0.15) is 0 Å². The molecule has 0 aromatic carbocycles. The highest BCUT2D eigenvalue weighted by Gasteiger charge is 2.11. The molecule has 7 heteroatoms. The number of carbonyl (C=O) groups excluding carboxylic acids is 1. The molecule has 0 unspecified atom stereocenters. The molecule has 0 radical (unpaired) electrons. The number of carbonyl (C=O) groups is 2. The normalized spacial score (nSPS) is 10.5. The van der Waals surface area contributed by atoms with Crippen LogP contribution in [0.1, 0.15) is 30.8 Å². The zero-order valence-corrected chi connectivity index (χ0v) is 9.88. The molecule has 0 saturated heterocycles. The fourth-order valence-corrected chi connectivity index (χ4v) is 1.15. The van der Waals surface area contributed by atoms with E-state index in [0.29, 0.717) is 12.5 Å². The highest BCUT2D eigenvalue weighted by molar-refractivity contribution is 5.93. The topological polar surface area (TPSA) is 97.1 Å². The van der Waals surface area contributed by atoms with Crippen molar-refractivity contribution in [1.29, 1.82) is 0 Å². The Balaban J connectivity index is 2.49. The lowest BCUT2D eigenvalue weighted by Crippen LogP contribution is -2.29. The number of carboxylic acids is 1. The number of rotatable bonds is 6. The first kappa shape index (κ1) is 13.1. The van der Waals surface area contributed by atoms with Gasteiger partial charge < -0.3 is 10.4 Å². The number of amides is 1. The van der Waals surface area contributed by atoms with Crippen molar-refractivity contribution in [1.82, 2.24) is 20.3 Å². The summed E-state index contributed by atoms with van der Waals surface area (Å²) < 4.78 is 1.58. The maximum atomic E-state index is 11.4. The van der Waals surface area contributed by atoms with Crippen molar-refractivity contribution >= 4 is 11.9 Å². The lowest BCUT2D eigenvalue weighted by Gasteiger charge is -2.02. The van der Waals surface area contributed by atoms with Crippen molar-refractivity contribution in [3.63, 3.8) is 0 Å². The van der Waals surface area contributed by atoms with Crippen LogP contribution in [0.15, 0.2) is 6.20 Å². The number of nitrogens with one attached hydrogen (secondary N) is 1. The van der Waals surface area contributed by atoms with E-state index in [0.717, 1.165) is 6.42 Å². The van der Waals surface area contributed by atoms with Crippen molar-refractivity contribution in [2.24, 2.45) is 5.92 Å². The molecule has 1 aromatic heterocycles. The van der Waals surface area contributed by atoms with Gasteiger partial charge in [0.05, 0.1) is 6.20 Å². The largest absolute Gasteiger partial charge is 0.480 e. The predicted molar refractivity (Wildman–Crippen MR) is 59.4 cm³/mol. The van der Waals surface area contributed by atoms with E-state index in [2.05, 4.69) is 29.5 Å². The van der Waals surface area contributed by atoms with Gasteiger partial charge in [0, 0.05) is 6.54 Å². The smallest absolute Gasteiger partial charge is 0.322 e. The third-order valence-corrected chi connectivity index (χ3v) is 2.11. The van der Waals surface area contributed by atoms with Crippen LogP contribution in [0.4, 0.5) is 0 Å². The van der Waals surface area contributed by atoms with E-state index in [1.165, 1.54) is 6.20 Å². The monoisotopic (exact) mass is 240 g/mol. The molecule has 1 amide bonds. The van der Waals surface area contributed by atoms with Gasteiger partial charge in [-0.05, 0) is 12.3 Å². The Morgan fingerprint density at radius 3 is 2.82 bits per heavy atom. The number of carboxylic acid groups (broad SMARTS) is 1. The van der Waals surface area contributed by atoms with E-state index in [4.69, 9.17) is 5.11 Å². The van der Waals surface area contributed by atoms with Crippen molar-refractivity contribution in [2.75, 3.05) is 6.54 Å². The molecule has 0 fully saturated rings. The molecule has 1 aromatic rings. The van der Waals surface area contributed by atoms with Gasteiger partial charge in [0.25, 0.3) is 5.91 Å². The summed E-state index contributed by atoms with van der Waals surface area (Å²) in [5.74, 6) is -1.07. The standard InChI is InChI=1S/C10H16N4O3/c1-7(2)3-4-14-6-8(12-13-14)10(17)11-5-9(15)16/h6-7H,3-5H2,1-2H3,(H,11,17)(H,15,16). The molecule has 0 aliphatic heterocycles. The van der Waals surface area contributed by atoms with Crippen LogP contribution in [0.2, 0.25) is 0 Å². The van der Waals surface area contributed by atoms with E-state index < -0.39 is 18.4 Å². The summed E-state index contributed by atoms with van der Waals surface area (Å²) in [4.78, 5) is 21.7. The molecule has 0 spiro atoms. The number of hydrogen-bond donors (Lipinski definition) is 2. The lowest BCUT2D eigenvalue weighted by atomic mass is 10.1. The number of hydrogen-bond acceptors (Lipinski definition) is 4. The quantitative estimate of drug-likeness (QED) is 0.737. The Hall–Kier alpha value is -1.92. The molecule has 17 heavy (non-hydrogen) atoms. The molecule has 0 aliphatic rings. The minimum atomic E-state index is -1.09. The number of aryl methyl sites for hydroxylation is 1. The predicted octanol–water partition coefficient (Wildman–Crippen LogP) is 0.139. The summed E-state index contributed by atoms with van der Waals surface area (Å²) in [6.07, 6.45) is 2.46. The van der Waals surface area contributed by atoms with Gasteiger partial charge in [-0.3, -0.25) is 14.3 Å². The van der Waals surface area contributed by atoms with Crippen LogP contribution in [0.5, 0.6) is 0 Å². The molecule has 2 N–H and O–H groups in total. The maximum Gasteiger partial charge on any atom is 0.322 e. The molecule has 0 bridgehead atoms. The molecule has 1 rings (SSSR count). The summed E-state index contributed by atoms with van der Waals surface area (Å²) in [5.41, 5.74) is 0.134. The summed E-state index contributed by atoms with van der Waals surface area (Å²) >= 11 is 0. The van der Waals surface area contributed by atoms with Crippen LogP contribution < -0.4 is 5.32 Å². The van der Waals surface area contributed by atoms with Crippen molar-refractivity contribution in [3.05, 3.63) is 11.9 Å². The SMILES string of the molecule is CC(C)CCn1cc(C(=O)NCC(=O)O)nn1. The average molecular weight is 240 g/mol. The van der Waals surface area contributed by atoms with Crippen molar-refractivity contribution in [2.45, 2.75) is 26.8 Å². The maximum absolute atomic E-state index is 11.4. The number of nitrogens with zero attached hydrogens (tertiary/aromatic N) is 3. The fraction of sp³-hybridized carbons (Fsp3) is 0.600. The number of aliphatic carboxylic acids is 1. The van der Waals surface area contributed by atoms with Gasteiger partial charge in [-0.1, -0.05) is 19.1 Å². The second kappa shape index (κ2) is 5.97. The zero-order valence-electron chi connectivity index (χ0n) is 9.88. The molecule has 1 heterocycles. The Kier molecular flexibility index (Phi) is 4.62. The molecule has 0 aliphatic carbocycles. The van der Waals surface area contributed by atoms with E-state index in [1.807, 2.05) is 0 Å². The summed E-state index contributed by atoms with van der Waals surface area (Å²) in [7, 11) is 0. The fourth-order valence-electron chi connectivity index (χ4n) is 1.15. The minimum absolute atomic E-state index is 0.134. The molecular weight excluding hydrogens is 224 g/mol. The summed E-state index contributed by atoms with van der Waals surface area (Å²) in [5, 5.41) is 18.1. The van der Waals surface area contributed by atoms with Gasteiger partial charge in [0.2, 0.25) is 0 Å². The molecule has 94 valence electrons. The third kappa shape index (κ3) is 4.62. The molecular formula is C10H16N4O3. The van der Waals surface area contributed by atoms with Crippen LogP contribution in [0.25, 0.3) is 0 Å². The van der Waals surface area contributed by atoms with Crippen LogP contribution in [-0.4, -0.2) is 38.5 Å². The van der Waals surface area contributed by atoms with Gasteiger partial charge in [-0.25, -0.2) is 0 Å². The number of aromatic nitrogens is 3. The van der Waals surface area contributed by atoms with Crippen molar-refractivity contribution in [3.8, 4) is 0 Å². The Morgan fingerprint density at radius 2 is 2.24 bits per heavy atom. The second-order valence-electron chi connectivity index (χ2n) is 4.13. The first-order chi connectivity index (χ1) is 7.99. The Bertz CT molecular complexity index is 400. The van der Waals surface area contributed by atoms with Crippen molar-refractivity contribution < 1.29 is 14.7 Å². The molecule has 0 atom stereocenters. The van der Waals surface area contributed by atoms with E-state index >= 15 is 0 Å². The van der Waals surface area contributed by atoms with Gasteiger partial charge in [0.15, 0.2) is 5.69 Å². The van der Waals surface area contributed by atoms with E-state index in [1.54, 1.807) is 4.68 Å². The second-order valence-corrected chi connectivity index (χ2v) is 4.13. The van der Waals surface area contributed by atoms with E-state index in [-0.39, 0.29) is 5.69 Å². The first-order valence-corrected chi connectivity index (χ1v) is 5.39. The Labute approximate surface area is 98.8 Å². The van der Waals surface area contributed by atoms with Crippen LogP contribution in [-0.2, 0) is 11.3 Å².